The van der Waals surface area contributed by atoms with Crippen LogP contribution in [0.5, 0.6) is 0 Å². The summed E-state index contributed by atoms with van der Waals surface area (Å²) in [5.41, 5.74) is 1.06. The number of hydrogen-bond donors (Lipinski definition) is 2. The Morgan fingerprint density at radius 3 is 3.20 bits per heavy atom. The van der Waals surface area contributed by atoms with E-state index >= 15 is 0 Å². The van der Waals surface area contributed by atoms with Gasteiger partial charge in [-0.05, 0) is 0 Å². The first-order valence-electron chi connectivity index (χ1n) is 4.79. The molecule has 1 unspecified atom stereocenters. The number of ether oxygens (including phenoxy) is 1. The Bertz CT molecular complexity index is 299. The van der Waals surface area contributed by atoms with E-state index in [0.29, 0.717) is 19.7 Å². The van der Waals surface area contributed by atoms with Gasteiger partial charge in [0.05, 0.1) is 18.9 Å². The Hall–Kier alpha value is -1.17. The van der Waals surface area contributed by atoms with Gasteiger partial charge in [0, 0.05) is 38.2 Å². The molecule has 1 aromatic heterocycles. The zero-order chi connectivity index (χ0) is 11.1. The van der Waals surface area contributed by atoms with Crippen LogP contribution >= 0.6 is 0 Å². The Morgan fingerprint density at radius 2 is 2.60 bits per heavy atom. The van der Waals surface area contributed by atoms with Crippen LogP contribution in [0.2, 0.25) is 0 Å². The highest BCUT2D eigenvalue weighted by Crippen LogP contribution is 1.96. The summed E-state index contributed by atoms with van der Waals surface area (Å²) < 4.78 is 6.45. The third-order valence-corrected chi connectivity index (χ3v) is 1.91. The zero-order valence-electron chi connectivity index (χ0n) is 8.89. The van der Waals surface area contributed by atoms with Crippen LogP contribution in [0.15, 0.2) is 19.0 Å². The minimum absolute atomic E-state index is 0.346. The molecule has 1 rings (SSSR count). The summed E-state index contributed by atoms with van der Waals surface area (Å²) in [4.78, 5) is 0. The van der Waals surface area contributed by atoms with Gasteiger partial charge >= 0.3 is 0 Å². The SMILES string of the molecule is C=Cn1cc(CNCC(O)COC)cn1. The van der Waals surface area contributed by atoms with Crippen LogP contribution in [0.4, 0.5) is 0 Å². The summed E-state index contributed by atoms with van der Waals surface area (Å²) in [6.07, 6.45) is 4.80. The van der Waals surface area contributed by atoms with Gasteiger partial charge in [-0.3, -0.25) is 0 Å². The lowest BCUT2D eigenvalue weighted by molar-refractivity contribution is 0.0644. The van der Waals surface area contributed by atoms with E-state index in [9.17, 15) is 5.11 Å². The largest absolute Gasteiger partial charge is 0.389 e. The van der Waals surface area contributed by atoms with E-state index in [1.54, 1.807) is 24.2 Å². The second-order valence-corrected chi connectivity index (χ2v) is 3.25. The quantitative estimate of drug-likeness (QED) is 0.670. The fraction of sp³-hybridized carbons (Fsp3) is 0.500. The van der Waals surface area contributed by atoms with Gasteiger partial charge in [0.25, 0.3) is 0 Å². The lowest BCUT2D eigenvalue weighted by atomic mass is 10.3. The van der Waals surface area contributed by atoms with Crippen molar-refractivity contribution in [1.29, 1.82) is 0 Å². The molecule has 0 amide bonds. The molecule has 0 aliphatic rings. The highest BCUT2D eigenvalue weighted by atomic mass is 16.5. The second kappa shape index (κ2) is 6.34. The van der Waals surface area contributed by atoms with Gasteiger partial charge in [-0.1, -0.05) is 6.58 Å². The molecular weight excluding hydrogens is 194 g/mol. The van der Waals surface area contributed by atoms with Crippen molar-refractivity contribution in [1.82, 2.24) is 15.1 Å². The molecule has 1 aromatic rings. The molecule has 0 aliphatic carbocycles. The summed E-state index contributed by atoms with van der Waals surface area (Å²) in [6.45, 7) is 5.13. The smallest absolute Gasteiger partial charge is 0.0897 e. The first-order valence-corrected chi connectivity index (χ1v) is 4.79. The standard InChI is InChI=1S/C10H17N3O2/c1-3-13-7-9(5-12-13)4-11-6-10(14)8-15-2/h3,5,7,10-11,14H,1,4,6,8H2,2H3. The number of rotatable bonds is 7. The van der Waals surface area contributed by atoms with E-state index in [1.165, 1.54) is 0 Å². The molecule has 0 fully saturated rings. The second-order valence-electron chi connectivity index (χ2n) is 3.25. The third-order valence-electron chi connectivity index (χ3n) is 1.91. The van der Waals surface area contributed by atoms with Gasteiger partial charge in [-0.25, -0.2) is 4.68 Å². The predicted octanol–water partition coefficient (Wildman–Crippen LogP) is 0.0805. The van der Waals surface area contributed by atoms with Crippen LogP contribution in [0.3, 0.4) is 0 Å². The van der Waals surface area contributed by atoms with Crippen molar-refractivity contribution >= 4 is 6.20 Å². The van der Waals surface area contributed by atoms with Gasteiger partial charge in [0.2, 0.25) is 0 Å². The molecule has 15 heavy (non-hydrogen) atoms. The monoisotopic (exact) mass is 211 g/mol. The fourth-order valence-corrected chi connectivity index (χ4v) is 1.20. The van der Waals surface area contributed by atoms with Crippen molar-refractivity contribution in [2.75, 3.05) is 20.3 Å². The fourth-order valence-electron chi connectivity index (χ4n) is 1.20. The highest BCUT2D eigenvalue weighted by Gasteiger charge is 2.02. The Kier molecular flexibility index (Phi) is 5.03. The average molecular weight is 211 g/mol. The Balaban J connectivity index is 2.22. The normalized spacial score (nSPS) is 12.7. The lowest BCUT2D eigenvalue weighted by Gasteiger charge is -2.09. The molecule has 5 heteroatoms. The number of aliphatic hydroxyl groups is 1. The zero-order valence-corrected chi connectivity index (χ0v) is 8.89. The van der Waals surface area contributed by atoms with Crippen molar-refractivity contribution < 1.29 is 9.84 Å². The summed E-state index contributed by atoms with van der Waals surface area (Å²) in [5, 5.41) is 16.5. The van der Waals surface area contributed by atoms with E-state index in [0.717, 1.165) is 5.56 Å². The Morgan fingerprint density at radius 1 is 1.80 bits per heavy atom. The summed E-state index contributed by atoms with van der Waals surface area (Å²) in [6, 6.07) is 0. The summed E-state index contributed by atoms with van der Waals surface area (Å²) in [7, 11) is 1.57. The first-order chi connectivity index (χ1) is 7.26. The van der Waals surface area contributed by atoms with Crippen LogP contribution in [0.25, 0.3) is 6.20 Å². The number of aromatic nitrogens is 2. The van der Waals surface area contributed by atoms with Crippen molar-refractivity contribution in [3.05, 3.63) is 24.5 Å². The van der Waals surface area contributed by atoms with E-state index < -0.39 is 6.10 Å². The number of nitrogens with one attached hydrogen (secondary N) is 1. The number of aliphatic hydroxyl groups excluding tert-OH is 1. The van der Waals surface area contributed by atoms with E-state index in [4.69, 9.17) is 4.74 Å². The molecule has 0 aromatic carbocycles. The van der Waals surface area contributed by atoms with E-state index in [-0.39, 0.29) is 0 Å². The van der Waals surface area contributed by atoms with Gasteiger partial charge in [-0.15, -0.1) is 0 Å². The van der Waals surface area contributed by atoms with Gasteiger partial charge in [-0.2, -0.15) is 5.10 Å². The topological polar surface area (TPSA) is 59.3 Å². The maximum absolute atomic E-state index is 9.35. The van der Waals surface area contributed by atoms with Crippen molar-refractivity contribution in [2.24, 2.45) is 0 Å². The van der Waals surface area contributed by atoms with Gasteiger partial charge in [0.1, 0.15) is 0 Å². The molecule has 1 atom stereocenters. The molecule has 0 radical (unpaired) electrons. The maximum atomic E-state index is 9.35. The third kappa shape index (κ3) is 4.24. The molecule has 0 saturated heterocycles. The molecule has 84 valence electrons. The number of methoxy groups -OCH3 is 1. The van der Waals surface area contributed by atoms with Crippen molar-refractivity contribution in [3.8, 4) is 0 Å². The molecule has 2 N–H and O–H groups in total. The summed E-state index contributed by atoms with van der Waals surface area (Å²) >= 11 is 0. The Labute approximate surface area is 89.4 Å². The van der Waals surface area contributed by atoms with Crippen LogP contribution in [-0.2, 0) is 11.3 Å². The van der Waals surface area contributed by atoms with E-state index in [1.807, 2.05) is 6.20 Å². The van der Waals surface area contributed by atoms with Crippen LogP contribution in [0.1, 0.15) is 5.56 Å². The molecule has 1 heterocycles. The molecule has 0 saturated carbocycles. The first kappa shape index (κ1) is 11.9. The molecule has 0 aliphatic heterocycles. The molecule has 0 spiro atoms. The number of hydrogen-bond acceptors (Lipinski definition) is 4. The van der Waals surface area contributed by atoms with Crippen LogP contribution in [0, 0.1) is 0 Å². The average Bonchev–Trinajstić information content (AvgIpc) is 2.66. The minimum Gasteiger partial charge on any atom is -0.389 e. The van der Waals surface area contributed by atoms with Crippen LogP contribution in [-0.4, -0.2) is 41.3 Å². The van der Waals surface area contributed by atoms with Crippen molar-refractivity contribution in [3.63, 3.8) is 0 Å². The predicted molar refractivity (Wildman–Crippen MR) is 58.2 cm³/mol. The molecule has 0 bridgehead atoms. The van der Waals surface area contributed by atoms with Gasteiger partial charge < -0.3 is 15.2 Å². The minimum atomic E-state index is -0.468. The summed E-state index contributed by atoms with van der Waals surface area (Å²) in [5.74, 6) is 0. The van der Waals surface area contributed by atoms with E-state index in [2.05, 4.69) is 17.0 Å². The number of nitrogens with zero attached hydrogens (tertiary/aromatic N) is 2. The highest BCUT2D eigenvalue weighted by molar-refractivity contribution is 5.17. The molecule has 5 nitrogen and oxygen atoms in total. The molecular formula is C10H17N3O2. The van der Waals surface area contributed by atoms with Crippen molar-refractivity contribution in [2.45, 2.75) is 12.6 Å². The lowest BCUT2D eigenvalue weighted by Crippen LogP contribution is -2.29. The maximum Gasteiger partial charge on any atom is 0.0897 e. The van der Waals surface area contributed by atoms with Gasteiger partial charge in [0.15, 0.2) is 0 Å². The van der Waals surface area contributed by atoms with Crippen LogP contribution < -0.4 is 5.32 Å².